The highest BCUT2D eigenvalue weighted by molar-refractivity contribution is 5.86. The molecule has 0 radical (unpaired) electrons. The van der Waals surface area contributed by atoms with Crippen molar-refractivity contribution in [2.75, 3.05) is 20.8 Å². The molecule has 1 atom stereocenters. The summed E-state index contributed by atoms with van der Waals surface area (Å²) in [6.07, 6.45) is 7.77. The molecule has 7 heteroatoms. The average Bonchev–Trinajstić information content (AvgIpc) is 3.36. The lowest BCUT2D eigenvalue weighted by atomic mass is 9.96. The Morgan fingerprint density at radius 1 is 1.09 bits per heavy atom. The SMILES string of the molecule is COc1cc(C=C2C=CC3=C(CC(=O)N3)C2)ccc1Oc1ccc(CC2COC(=O)N2C)cc1. The fraction of sp³-hybridized carbons (Fsp3) is 0.259. The van der Waals surface area contributed by atoms with Gasteiger partial charge in [0.15, 0.2) is 11.5 Å². The standard InChI is InChI=1S/C27H26N2O5/c1-29-21(16-33-27(29)31)13-17-3-7-22(8-4-17)34-24-10-6-19(14-25(24)32-2)11-18-5-9-23-20(12-18)15-26(30)28-23/h3-11,14,21H,12-13,15-16H2,1-2H3,(H,28,30). The number of rotatable bonds is 6. The number of hydrogen-bond donors (Lipinski definition) is 1. The van der Waals surface area contributed by atoms with Gasteiger partial charge in [-0.05, 0) is 65.5 Å². The minimum absolute atomic E-state index is 0.0494. The smallest absolute Gasteiger partial charge is 0.409 e. The summed E-state index contributed by atoms with van der Waals surface area (Å²) in [6, 6.07) is 13.7. The Morgan fingerprint density at radius 3 is 2.65 bits per heavy atom. The van der Waals surface area contributed by atoms with Gasteiger partial charge < -0.3 is 24.4 Å². The summed E-state index contributed by atoms with van der Waals surface area (Å²) in [6.45, 7) is 0.414. The first-order valence-electron chi connectivity index (χ1n) is 11.2. The van der Waals surface area contributed by atoms with Gasteiger partial charge in [0, 0.05) is 12.7 Å². The topological polar surface area (TPSA) is 77.1 Å². The highest BCUT2D eigenvalue weighted by Crippen LogP contribution is 2.35. The molecule has 2 heterocycles. The average molecular weight is 459 g/mol. The van der Waals surface area contributed by atoms with Crippen LogP contribution in [0.5, 0.6) is 17.2 Å². The van der Waals surface area contributed by atoms with Crippen molar-refractivity contribution in [2.24, 2.45) is 0 Å². The first kappa shape index (κ1) is 21.8. The van der Waals surface area contributed by atoms with Crippen molar-refractivity contribution in [3.63, 3.8) is 0 Å². The van der Waals surface area contributed by atoms with Crippen LogP contribution in [-0.4, -0.2) is 43.7 Å². The fourth-order valence-corrected chi connectivity index (χ4v) is 4.37. The molecule has 5 rings (SSSR count). The monoisotopic (exact) mass is 458 g/mol. The van der Waals surface area contributed by atoms with Gasteiger partial charge in [0.05, 0.1) is 19.6 Å². The Balaban J connectivity index is 1.25. The van der Waals surface area contributed by atoms with Crippen LogP contribution in [0.15, 0.2) is 71.5 Å². The Morgan fingerprint density at radius 2 is 1.91 bits per heavy atom. The van der Waals surface area contributed by atoms with Gasteiger partial charge >= 0.3 is 6.09 Å². The number of ether oxygens (including phenoxy) is 3. The number of carbonyl (C=O) groups excluding carboxylic acids is 2. The molecule has 1 saturated heterocycles. The number of nitrogens with one attached hydrogen (secondary N) is 1. The quantitative estimate of drug-likeness (QED) is 0.685. The number of likely N-dealkylation sites (N-methyl/N-ethyl adjacent to an activating group) is 1. The normalized spacial score (nSPS) is 20.5. The van der Waals surface area contributed by atoms with Crippen LogP contribution in [0.25, 0.3) is 6.08 Å². The molecule has 2 aromatic rings. The van der Waals surface area contributed by atoms with Crippen LogP contribution in [0.2, 0.25) is 0 Å². The molecule has 2 aliphatic heterocycles. The van der Waals surface area contributed by atoms with Gasteiger partial charge in [-0.3, -0.25) is 4.79 Å². The minimum atomic E-state index is -0.275. The third-order valence-electron chi connectivity index (χ3n) is 6.31. The van der Waals surface area contributed by atoms with E-state index in [-0.39, 0.29) is 18.0 Å². The maximum Gasteiger partial charge on any atom is 0.409 e. The summed E-state index contributed by atoms with van der Waals surface area (Å²) in [7, 11) is 3.38. The van der Waals surface area contributed by atoms with E-state index in [4.69, 9.17) is 14.2 Å². The number of amides is 2. The molecule has 2 aromatic carbocycles. The van der Waals surface area contributed by atoms with Gasteiger partial charge in [-0.2, -0.15) is 0 Å². The van der Waals surface area contributed by atoms with Crippen LogP contribution in [0.3, 0.4) is 0 Å². The maximum absolute atomic E-state index is 11.6. The number of hydrogen-bond acceptors (Lipinski definition) is 5. The zero-order chi connectivity index (χ0) is 23.7. The van der Waals surface area contributed by atoms with Crippen LogP contribution >= 0.6 is 0 Å². The van der Waals surface area contributed by atoms with E-state index in [2.05, 4.69) is 11.4 Å². The predicted octanol–water partition coefficient (Wildman–Crippen LogP) is 4.60. The molecular weight excluding hydrogens is 432 g/mol. The summed E-state index contributed by atoms with van der Waals surface area (Å²) in [4.78, 5) is 24.8. The van der Waals surface area contributed by atoms with Crippen molar-refractivity contribution in [1.82, 2.24) is 10.2 Å². The number of carbonyl (C=O) groups is 2. The first-order valence-corrected chi connectivity index (χ1v) is 11.2. The summed E-state index contributed by atoms with van der Waals surface area (Å²) in [5.41, 5.74) is 5.31. The van der Waals surface area contributed by atoms with Gasteiger partial charge in [0.2, 0.25) is 5.91 Å². The van der Waals surface area contributed by atoms with Crippen LogP contribution in [0.1, 0.15) is 24.0 Å². The fourth-order valence-electron chi connectivity index (χ4n) is 4.37. The largest absolute Gasteiger partial charge is 0.493 e. The lowest BCUT2D eigenvalue weighted by Gasteiger charge is -2.16. The van der Waals surface area contributed by atoms with Crippen LogP contribution in [0, 0.1) is 0 Å². The van der Waals surface area contributed by atoms with Crippen LogP contribution in [0.4, 0.5) is 4.79 Å². The van der Waals surface area contributed by atoms with E-state index < -0.39 is 0 Å². The number of methoxy groups -OCH3 is 1. The predicted molar refractivity (Wildman–Crippen MR) is 128 cm³/mol. The van der Waals surface area contributed by atoms with E-state index in [0.29, 0.717) is 30.3 Å². The Kier molecular flexibility index (Phi) is 5.84. The van der Waals surface area contributed by atoms with Gasteiger partial charge in [-0.15, -0.1) is 0 Å². The molecule has 0 aromatic heterocycles. The zero-order valence-corrected chi connectivity index (χ0v) is 19.2. The van der Waals surface area contributed by atoms with Crippen LogP contribution in [-0.2, 0) is 16.0 Å². The highest BCUT2D eigenvalue weighted by Gasteiger charge is 2.29. The van der Waals surface area contributed by atoms with Crippen molar-refractivity contribution in [2.45, 2.75) is 25.3 Å². The Hall–Kier alpha value is -4.00. The van der Waals surface area contributed by atoms with Crippen molar-refractivity contribution in [3.05, 3.63) is 82.6 Å². The molecular formula is C27H26N2O5. The molecule has 34 heavy (non-hydrogen) atoms. The van der Waals surface area contributed by atoms with E-state index in [9.17, 15) is 9.59 Å². The van der Waals surface area contributed by atoms with E-state index >= 15 is 0 Å². The van der Waals surface area contributed by atoms with Crippen molar-refractivity contribution in [3.8, 4) is 17.2 Å². The summed E-state index contributed by atoms with van der Waals surface area (Å²) >= 11 is 0. The summed E-state index contributed by atoms with van der Waals surface area (Å²) < 4.78 is 16.7. The van der Waals surface area contributed by atoms with Crippen molar-refractivity contribution in [1.29, 1.82) is 0 Å². The molecule has 1 unspecified atom stereocenters. The Labute approximate surface area is 198 Å². The summed E-state index contributed by atoms with van der Waals surface area (Å²) in [5, 5.41) is 2.88. The third kappa shape index (κ3) is 4.55. The van der Waals surface area contributed by atoms with E-state index in [1.165, 1.54) is 0 Å². The number of benzene rings is 2. The number of cyclic esters (lactones) is 1. The molecule has 7 nitrogen and oxygen atoms in total. The molecule has 2 amide bonds. The molecule has 1 fully saturated rings. The molecule has 0 spiro atoms. The second-order valence-electron chi connectivity index (χ2n) is 8.67. The van der Waals surface area contributed by atoms with E-state index in [1.54, 1.807) is 19.1 Å². The first-order chi connectivity index (χ1) is 16.5. The third-order valence-corrected chi connectivity index (χ3v) is 6.31. The second kappa shape index (κ2) is 9.09. The van der Waals surface area contributed by atoms with Gasteiger partial charge in [0.1, 0.15) is 12.4 Å². The van der Waals surface area contributed by atoms with Crippen molar-refractivity contribution >= 4 is 18.1 Å². The Bertz CT molecular complexity index is 1230. The van der Waals surface area contributed by atoms with Gasteiger partial charge in [0.25, 0.3) is 0 Å². The lowest BCUT2D eigenvalue weighted by Crippen LogP contribution is -2.30. The lowest BCUT2D eigenvalue weighted by molar-refractivity contribution is -0.118. The molecule has 1 aliphatic carbocycles. The van der Waals surface area contributed by atoms with Crippen molar-refractivity contribution < 1.29 is 23.8 Å². The minimum Gasteiger partial charge on any atom is -0.493 e. The second-order valence-corrected chi connectivity index (χ2v) is 8.67. The zero-order valence-electron chi connectivity index (χ0n) is 19.2. The highest BCUT2D eigenvalue weighted by atomic mass is 16.6. The van der Waals surface area contributed by atoms with Gasteiger partial charge in [-0.1, -0.05) is 30.4 Å². The molecule has 3 aliphatic rings. The molecule has 174 valence electrons. The van der Waals surface area contributed by atoms with E-state index in [0.717, 1.165) is 40.8 Å². The van der Waals surface area contributed by atoms with E-state index in [1.807, 2.05) is 54.6 Å². The number of allylic oxidation sites excluding steroid dienone is 3. The van der Waals surface area contributed by atoms with Gasteiger partial charge in [-0.25, -0.2) is 4.79 Å². The maximum atomic E-state index is 11.6. The summed E-state index contributed by atoms with van der Waals surface area (Å²) in [5.74, 6) is 2.02. The number of nitrogens with zero attached hydrogens (tertiary/aromatic N) is 1. The molecule has 0 saturated carbocycles. The molecule has 1 N–H and O–H groups in total. The molecule has 0 bridgehead atoms. The van der Waals surface area contributed by atoms with Crippen LogP contribution < -0.4 is 14.8 Å².